The number of carbonyl (C=O) groups excluding carboxylic acids is 3. The van der Waals surface area contributed by atoms with Crippen molar-refractivity contribution in [2.45, 2.75) is 58.4 Å². The van der Waals surface area contributed by atoms with Gasteiger partial charge in [-0.25, -0.2) is 0 Å². The van der Waals surface area contributed by atoms with E-state index in [1.807, 2.05) is 19.9 Å². The summed E-state index contributed by atoms with van der Waals surface area (Å²) >= 11 is 1.52. The van der Waals surface area contributed by atoms with Crippen LogP contribution in [0.15, 0.2) is 6.07 Å². The fourth-order valence-corrected chi connectivity index (χ4v) is 4.62. The minimum atomic E-state index is -0.407. The molecule has 2 heterocycles. The van der Waals surface area contributed by atoms with Crippen LogP contribution in [-0.2, 0) is 22.4 Å². The molecule has 6 nitrogen and oxygen atoms in total. The van der Waals surface area contributed by atoms with Gasteiger partial charge in [-0.15, -0.1) is 11.3 Å². The van der Waals surface area contributed by atoms with E-state index in [1.165, 1.54) is 41.0 Å². The van der Waals surface area contributed by atoms with E-state index in [9.17, 15) is 14.4 Å². The number of fused-ring (bicyclic) bond motifs is 1. The number of thiophene rings is 1. The van der Waals surface area contributed by atoms with Crippen LogP contribution in [0.2, 0.25) is 0 Å². The van der Waals surface area contributed by atoms with Gasteiger partial charge in [0.05, 0.1) is 10.8 Å². The number of hydrazine groups is 1. The van der Waals surface area contributed by atoms with E-state index in [0.717, 1.165) is 12.8 Å². The van der Waals surface area contributed by atoms with Crippen molar-refractivity contribution in [1.29, 1.82) is 0 Å². The van der Waals surface area contributed by atoms with Crippen molar-refractivity contribution in [3.8, 4) is 0 Å². The van der Waals surface area contributed by atoms with Gasteiger partial charge in [0.25, 0.3) is 5.91 Å². The van der Waals surface area contributed by atoms with E-state index in [1.54, 1.807) is 4.90 Å². The van der Waals surface area contributed by atoms with Gasteiger partial charge in [0, 0.05) is 23.9 Å². The molecular formula is C18H25N3O3S. The van der Waals surface area contributed by atoms with Gasteiger partial charge < -0.3 is 4.90 Å². The van der Waals surface area contributed by atoms with Gasteiger partial charge in [-0.3, -0.25) is 25.2 Å². The second kappa shape index (κ2) is 7.56. The summed E-state index contributed by atoms with van der Waals surface area (Å²) < 4.78 is 0. The maximum atomic E-state index is 12.3. The summed E-state index contributed by atoms with van der Waals surface area (Å²) in [6, 6.07) is 2.04. The summed E-state index contributed by atoms with van der Waals surface area (Å²) in [6.45, 7) is 4.27. The van der Waals surface area contributed by atoms with E-state index in [4.69, 9.17) is 0 Å². The molecule has 1 atom stereocenters. The number of hydrogen-bond donors (Lipinski definition) is 2. The molecule has 0 spiro atoms. The smallest absolute Gasteiger partial charge is 0.279 e. The third-order valence-electron chi connectivity index (χ3n) is 4.92. The molecule has 0 aromatic carbocycles. The largest absolute Gasteiger partial charge is 0.339 e. The summed E-state index contributed by atoms with van der Waals surface area (Å²) in [5.74, 6) is -1.00. The zero-order valence-electron chi connectivity index (χ0n) is 14.8. The molecule has 2 aliphatic rings. The lowest BCUT2D eigenvalue weighted by Crippen LogP contribution is -2.45. The second-order valence-electron chi connectivity index (χ2n) is 7.10. The van der Waals surface area contributed by atoms with Crippen molar-refractivity contribution in [3.05, 3.63) is 21.4 Å². The minimum absolute atomic E-state index is 0.0107. The Balaban J connectivity index is 1.54. The molecule has 0 saturated carbocycles. The standard InChI is InChI=1S/C18H25N3O3S/c1-11(2)21-10-13(9-16(21)22)17(23)19-20-18(24)15-8-12-6-4-3-5-7-14(12)25-15/h8,11,13H,3-7,9-10H2,1-2H3,(H,19,23)(H,20,24). The number of rotatable bonds is 3. The lowest BCUT2D eigenvalue weighted by molar-refractivity contribution is -0.130. The Bertz CT molecular complexity index is 660. The SMILES string of the molecule is CC(C)N1CC(C(=O)NNC(=O)c2cc3c(s2)CCCCC3)CC1=O. The molecule has 1 aliphatic heterocycles. The molecule has 136 valence electrons. The van der Waals surface area contributed by atoms with Crippen molar-refractivity contribution >= 4 is 29.1 Å². The second-order valence-corrected chi connectivity index (χ2v) is 8.24. The highest BCUT2D eigenvalue weighted by atomic mass is 32.1. The van der Waals surface area contributed by atoms with Crippen LogP contribution >= 0.6 is 11.3 Å². The normalized spacial score (nSPS) is 20.4. The molecule has 1 aliphatic carbocycles. The molecule has 7 heteroatoms. The molecule has 1 aromatic heterocycles. The number of nitrogens with zero attached hydrogens (tertiary/aromatic N) is 1. The van der Waals surface area contributed by atoms with Crippen LogP contribution in [0.25, 0.3) is 0 Å². The van der Waals surface area contributed by atoms with E-state index in [-0.39, 0.29) is 30.2 Å². The Labute approximate surface area is 151 Å². The molecule has 1 saturated heterocycles. The molecule has 0 bridgehead atoms. The Morgan fingerprint density at radius 1 is 1.20 bits per heavy atom. The molecule has 2 N–H and O–H groups in total. The highest BCUT2D eigenvalue weighted by Crippen LogP contribution is 2.28. The predicted molar refractivity (Wildman–Crippen MR) is 96.1 cm³/mol. The number of carbonyl (C=O) groups is 3. The molecule has 1 aromatic rings. The quantitative estimate of drug-likeness (QED) is 0.637. The summed E-state index contributed by atoms with van der Waals surface area (Å²) in [5.41, 5.74) is 6.26. The zero-order valence-corrected chi connectivity index (χ0v) is 15.6. The van der Waals surface area contributed by atoms with Gasteiger partial charge in [0.2, 0.25) is 11.8 Å². The average molecular weight is 363 g/mol. The first kappa shape index (κ1) is 17.9. The van der Waals surface area contributed by atoms with Crippen molar-refractivity contribution in [2.24, 2.45) is 5.92 Å². The van der Waals surface area contributed by atoms with Crippen molar-refractivity contribution in [2.75, 3.05) is 6.54 Å². The van der Waals surface area contributed by atoms with Crippen LogP contribution in [0, 0.1) is 5.92 Å². The molecule has 0 radical (unpaired) electrons. The Morgan fingerprint density at radius 2 is 1.96 bits per heavy atom. The Kier molecular flexibility index (Phi) is 5.42. The van der Waals surface area contributed by atoms with Gasteiger partial charge >= 0.3 is 0 Å². The number of hydrogen-bond acceptors (Lipinski definition) is 4. The van der Waals surface area contributed by atoms with Gasteiger partial charge in [-0.2, -0.15) is 0 Å². The van der Waals surface area contributed by atoms with Gasteiger partial charge in [0.15, 0.2) is 0 Å². The third-order valence-corrected chi connectivity index (χ3v) is 6.16. The average Bonchev–Trinajstić information content (AvgIpc) is 3.10. The van der Waals surface area contributed by atoms with Crippen LogP contribution in [0.3, 0.4) is 0 Å². The van der Waals surface area contributed by atoms with Crippen molar-refractivity contribution in [3.63, 3.8) is 0 Å². The van der Waals surface area contributed by atoms with E-state index in [0.29, 0.717) is 11.4 Å². The number of aryl methyl sites for hydroxylation is 2. The highest BCUT2D eigenvalue weighted by Gasteiger charge is 2.35. The van der Waals surface area contributed by atoms with Crippen LogP contribution in [0.4, 0.5) is 0 Å². The molecular weight excluding hydrogens is 338 g/mol. The van der Waals surface area contributed by atoms with Crippen molar-refractivity contribution < 1.29 is 14.4 Å². The molecule has 3 amide bonds. The summed E-state index contributed by atoms with van der Waals surface area (Å²) in [6.07, 6.45) is 5.85. The summed E-state index contributed by atoms with van der Waals surface area (Å²) in [4.78, 5) is 40.1. The van der Waals surface area contributed by atoms with Crippen LogP contribution in [0.5, 0.6) is 0 Å². The van der Waals surface area contributed by atoms with E-state index in [2.05, 4.69) is 10.9 Å². The number of nitrogens with one attached hydrogen (secondary N) is 2. The molecule has 1 fully saturated rings. The van der Waals surface area contributed by atoms with Crippen LogP contribution in [0.1, 0.15) is 59.6 Å². The number of likely N-dealkylation sites (tertiary alicyclic amines) is 1. The molecule has 25 heavy (non-hydrogen) atoms. The first-order chi connectivity index (χ1) is 12.0. The van der Waals surface area contributed by atoms with Crippen LogP contribution < -0.4 is 10.9 Å². The monoisotopic (exact) mass is 363 g/mol. The number of amides is 3. The summed E-state index contributed by atoms with van der Waals surface area (Å²) in [5, 5.41) is 0. The highest BCUT2D eigenvalue weighted by molar-refractivity contribution is 7.14. The van der Waals surface area contributed by atoms with Crippen LogP contribution in [-0.4, -0.2) is 35.2 Å². The Hall–Kier alpha value is -1.89. The maximum absolute atomic E-state index is 12.3. The predicted octanol–water partition coefficient (Wildman–Crippen LogP) is 2.03. The van der Waals surface area contributed by atoms with Gasteiger partial charge in [-0.1, -0.05) is 6.42 Å². The lowest BCUT2D eigenvalue weighted by Gasteiger charge is -2.20. The fourth-order valence-electron chi connectivity index (χ4n) is 3.47. The first-order valence-corrected chi connectivity index (χ1v) is 9.78. The topological polar surface area (TPSA) is 78.5 Å². The van der Waals surface area contributed by atoms with E-state index >= 15 is 0 Å². The van der Waals surface area contributed by atoms with Crippen molar-refractivity contribution in [1.82, 2.24) is 15.8 Å². The first-order valence-electron chi connectivity index (χ1n) is 8.97. The molecule has 1 unspecified atom stereocenters. The lowest BCUT2D eigenvalue weighted by atomic mass is 10.1. The third kappa shape index (κ3) is 4.03. The minimum Gasteiger partial charge on any atom is -0.339 e. The van der Waals surface area contributed by atoms with Gasteiger partial charge in [-0.05, 0) is 51.2 Å². The van der Waals surface area contributed by atoms with E-state index < -0.39 is 5.92 Å². The molecule has 3 rings (SSSR count). The van der Waals surface area contributed by atoms with Gasteiger partial charge in [0.1, 0.15) is 0 Å². The Morgan fingerprint density at radius 3 is 2.68 bits per heavy atom. The zero-order chi connectivity index (χ0) is 18.0. The fraction of sp³-hybridized carbons (Fsp3) is 0.611. The maximum Gasteiger partial charge on any atom is 0.279 e. The summed E-state index contributed by atoms with van der Waals surface area (Å²) in [7, 11) is 0.